The first kappa shape index (κ1) is 77.2. The Kier molecular flexibility index (Phi) is 29.2. The van der Waals surface area contributed by atoms with E-state index in [1.165, 1.54) is 4.90 Å². The zero-order valence-electron chi connectivity index (χ0n) is 56.4. The van der Waals surface area contributed by atoms with Crippen LogP contribution in [0.2, 0.25) is 0 Å². The molecule has 9 aromatic carbocycles. The number of hydrogen-bond donors (Lipinski definition) is 5. The number of carboxylic acid groups (broad SMARTS) is 1. The number of benzene rings is 9. The number of amides is 8. The molecule has 0 aliphatic carbocycles. The van der Waals surface area contributed by atoms with Gasteiger partial charge in [-0.3, -0.25) is 58.0 Å². The number of ether oxygens (including phenoxy) is 1. The molecule has 13 rings (SSSR count). The van der Waals surface area contributed by atoms with Gasteiger partial charge >= 0.3 is 11.9 Å². The molecule has 8 amide bonds. The van der Waals surface area contributed by atoms with Crippen LogP contribution >= 0.6 is 0 Å². The SMILES string of the molecule is CC.CC.CC.CC(=O)O.CCN(C)C(=O)c1cccc(N2C(=O)c3cccc4cccc(c34)C2=O)c1.CN(CN)C(=O)c1cccc(N2C(=O)c3cccc4cccc(c34)C2=O)c1.CNCN.O=C1CC(=O)O1.O=C1c2cccc3cccc(c23)C(=O)N1c1cccc(COO)c1. The molecule has 0 atom stereocenters. The lowest BCUT2D eigenvalue weighted by molar-refractivity contribution is -0.253. The van der Waals surface area contributed by atoms with Crippen LogP contribution in [0, 0.1) is 0 Å². The summed E-state index contributed by atoms with van der Waals surface area (Å²) in [4.78, 5) is 142. The summed E-state index contributed by atoms with van der Waals surface area (Å²) in [5.41, 5.74) is 16.0. The molecule has 0 unspecified atom stereocenters. The highest BCUT2D eigenvalue weighted by Crippen LogP contribution is 2.36. The molecule has 0 saturated carbocycles. The van der Waals surface area contributed by atoms with E-state index in [9.17, 15) is 47.9 Å². The van der Waals surface area contributed by atoms with Gasteiger partial charge in [0.1, 0.15) is 13.0 Å². The van der Waals surface area contributed by atoms with Crippen molar-refractivity contribution in [3.05, 3.63) is 232 Å². The number of esters is 2. The Morgan fingerprint density at radius 3 is 0.990 bits per heavy atom. The lowest BCUT2D eigenvalue weighted by Gasteiger charge is -2.27. The van der Waals surface area contributed by atoms with Crippen LogP contribution in [-0.2, 0) is 30.6 Å². The van der Waals surface area contributed by atoms with E-state index in [0.29, 0.717) is 96.5 Å². The quantitative estimate of drug-likeness (QED) is 0.0212. The number of rotatable bonds is 10. The van der Waals surface area contributed by atoms with Crippen molar-refractivity contribution in [2.75, 3.05) is 55.7 Å². The zero-order chi connectivity index (χ0) is 72.5. The van der Waals surface area contributed by atoms with E-state index in [4.69, 9.17) is 26.6 Å². The van der Waals surface area contributed by atoms with Crippen molar-refractivity contribution in [2.24, 2.45) is 11.5 Å². The maximum Gasteiger partial charge on any atom is 0.324 e. The Balaban J connectivity index is 0.000000233. The number of carboxylic acids is 1. The molecule has 9 aromatic rings. The highest BCUT2D eigenvalue weighted by molar-refractivity contribution is 6.38. The van der Waals surface area contributed by atoms with Crippen molar-refractivity contribution in [2.45, 2.75) is 68.4 Å². The minimum atomic E-state index is -0.833. The number of carbonyl (C=O) groups excluding carboxylic acids is 10. The highest BCUT2D eigenvalue weighted by Gasteiger charge is 2.37. The topological polar surface area (TPSA) is 327 Å². The predicted molar refractivity (Wildman–Crippen MR) is 377 cm³/mol. The first-order valence-corrected chi connectivity index (χ1v) is 31.5. The molecular weight excluding hydrogens is 1250 g/mol. The Labute approximate surface area is 567 Å². The third-order valence-corrected chi connectivity index (χ3v) is 14.6. The lowest BCUT2D eigenvalue weighted by Crippen LogP contribution is -2.40. The second-order valence-electron chi connectivity index (χ2n) is 20.6. The fourth-order valence-electron chi connectivity index (χ4n) is 10.1. The van der Waals surface area contributed by atoms with Crippen LogP contribution in [-0.4, -0.2) is 126 Å². The third kappa shape index (κ3) is 17.7. The Morgan fingerprint density at radius 2 is 0.745 bits per heavy atom. The number of nitrogens with two attached hydrogens (primary N) is 2. The average molecular weight is 1330 g/mol. The molecule has 510 valence electrons. The summed E-state index contributed by atoms with van der Waals surface area (Å²) in [5, 5.41) is 23.4. The second-order valence-corrected chi connectivity index (χ2v) is 20.6. The molecule has 98 heavy (non-hydrogen) atoms. The molecular formula is C75H80N8O15. The molecule has 0 radical (unpaired) electrons. The van der Waals surface area contributed by atoms with Gasteiger partial charge < -0.3 is 36.4 Å². The van der Waals surface area contributed by atoms with Crippen molar-refractivity contribution in [1.82, 2.24) is 15.1 Å². The molecule has 23 heteroatoms. The predicted octanol–water partition coefficient (Wildman–Crippen LogP) is 11.7. The minimum Gasteiger partial charge on any atom is -0.481 e. The summed E-state index contributed by atoms with van der Waals surface area (Å²) in [7, 11) is 5.10. The van der Waals surface area contributed by atoms with Crippen LogP contribution < -0.4 is 31.5 Å². The monoisotopic (exact) mass is 1330 g/mol. The van der Waals surface area contributed by atoms with Gasteiger partial charge in [0.25, 0.3) is 53.2 Å². The van der Waals surface area contributed by atoms with Gasteiger partial charge in [0.05, 0.1) is 23.7 Å². The third-order valence-electron chi connectivity index (χ3n) is 14.6. The van der Waals surface area contributed by atoms with E-state index in [2.05, 4.69) is 14.9 Å². The van der Waals surface area contributed by atoms with Gasteiger partial charge in [-0.25, -0.2) is 19.6 Å². The van der Waals surface area contributed by atoms with Crippen molar-refractivity contribution in [3.63, 3.8) is 0 Å². The van der Waals surface area contributed by atoms with Crippen LogP contribution in [0.4, 0.5) is 17.1 Å². The summed E-state index contributed by atoms with van der Waals surface area (Å²) in [6.45, 7) is 16.2. The number of nitrogens with one attached hydrogen (secondary N) is 1. The standard InChI is InChI=1S/C22H18N2O3.C21H17N3O3.C19H13NO4.C3H2O3.C2H8N2.C2H4O2.3C2H6/c1-3-23(2)20(25)15-9-4-10-16(13-15)24-21(26)17-11-5-7-14-8-6-12-18(19(14)17)22(24)27;1-23(12-22)19(25)14-7-2-8-15(11-14)24-20(26)16-9-3-5-13-6-4-10-17(18(13)16)21(24)27;21-18-15-8-2-5-13-6-3-9-16(17(13)15)19(22)20(18)14-7-1-4-12(10-14)11-24-23;4-2-1-3(5)6-2;1-4-2-3;1-2(3)4;3*1-2/h4-13H,3H2,1-2H3;2-11H,12,22H2,1H3;1-10,23H,11H2;1H2;4H,2-3H2,1H3;1H3,(H,3,4);3*1-2H3. The van der Waals surface area contributed by atoms with Gasteiger partial charge in [-0.1, -0.05) is 139 Å². The number of nitrogens with zero attached hydrogens (tertiary/aromatic N) is 5. The molecule has 0 bridgehead atoms. The normalized spacial score (nSPS) is 12.5. The number of anilines is 3. The lowest BCUT2D eigenvalue weighted by atomic mass is 9.93. The van der Waals surface area contributed by atoms with Gasteiger partial charge in [-0.15, -0.1) is 0 Å². The first-order valence-electron chi connectivity index (χ1n) is 31.5. The number of carbonyl (C=O) groups is 11. The Morgan fingerprint density at radius 1 is 0.480 bits per heavy atom. The Bertz CT molecular complexity index is 4080. The molecule has 1 saturated heterocycles. The van der Waals surface area contributed by atoms with E-state index >= 15 is 0 Å². The molecule has 0 aromatic heterocycles. The van der Waals surface area contributed by atoms with Crippen molar-refractivity contribution < 1.29 is 72.7 Å². The number of imide groups is 3. The van der Waals surface area contributed by atoms with Gasteiger partial charge in [0.15, 0.2) is 0 Å². The van der Waals surface area contributed by atoms with Crippen molar-refractivity contribution in [1.29, 1.82) is 0 Å². The number of hydrogen-bond acceptors (Lipinski definition) is 17. The van der Waals surface area contributed by atoms with Gasteiger partial charge in [0, 0.05) is 94.9 Å². The molecule has 4 heterocycles. The summed E-state index contributed by atoms with van der Waals surface area (Å²) in [6, 6.07) is 52.4. The molecule has 4 aliphatic heterocycles. The summed E-state index contributed by atoms with van der Waals surface area (Å²) < 4.78 is 3.86. The maximum atomic E-state index is 13.1. The van der Waals surface area contributed by atoms with Gasteiger partial charge in [-0.2, -0.15) is 0 Å². The first-order chi connectivity index (χ1) is 47.2. The highest BCUT2D eigenvalue weighted by atomic mass is 17.1. The number of cyclic esters (lactones) is 2. The fraction of sp³-hybridized carbons (Fsp3) is 0.213. The number of aliphatic carboxylic acids is 1. The maximum absolute atomic E-state index is 13.1. The van der Waals surface area contributed by atoms with Crippen molar-refractivity contribution in [3.8, 4) is 0 Å². The summed E-state index contributed by atoms with van der Waals surface area (Å²) in [5.74, 6) is -4.37. The fourth-order valence-corrected chi connectivity index (χ4v) is 10.1. The second kappa shape index (κ2) is 37.0. The molecule has 1 fully saturated rings. The van der Waals surface area contributed by atoms with Crippen LogP contribution in [0.15, 0.2) is 182 Å². The average Bonchev–Trinajstić information content (AvgIpc) is 0.757. The van der Waals surface area contributed by atoms with Gasteiger partial charge in [-0.05, 0) is 121 Å². The molecule has 0 spiro atoms. The molecule has 4 aliphatic rings. The summed E-state index contributed by atoms with van der Waals surface area (Å²) >= 11 is 0. The van der Waals surface area contributed by atoms with E-state index in [1.54, 1.807) is 147 Å². The van der Waals surface area contributed by atoms with Crippen LogP contribution in [0.25, 0.3) is 32.3 Å². The van der Waals surface area contributed by atoms with E-state index in [0.717, 1.165) is 37.8 Å². The smallest absolute Gasteiger partial charge is 0.324 e. The largest absolute Gasteiger partial charge is 0.481 e. The van der Waals surface area contributed by atoms with E-state index in [1.807, 2.05) is 109 Å². The van der Waals surface area contributed by atoms with E-state index < -0.39 is 29.7 Å². The van der Waals surface area contributed by atoms with Gasteiger partial charge in [0.2, 0.25) is 0 Å². The van der Waals surface area contributed by atoms with Crippen molar-refractivity contribution >= 4 is 115 Å². The Hall–Kier alpha value is -11.5. The van der Waals surface area contributed by atoms with Crippen LogP contribution in [0.5, 0.6) is 0 Å². The zero-order valence-corrected chi connectivity index (χ0v) is 56.4. The molecule has 7 N–H and O–H groups in total. The molecule has 23 nitrogen and oxygen atoms in total. The van der Waals surface area contributed by atoms with Crippen LogP contribution in [0.3, 0.4) is 0 Å². The van der Waals surface area contributed by atoms with E-state index in [-0.39, 0.29) is 55.1 Å². The minimum absolute atomic E-state index is 0.0176. The summed E-state index contributed by atoms with van der Waals surface area (Å²) in [6.07, 6.45) is -0.0278. The van der Waals surface area contributed by atoms with Crippen LogP contribution in [0.1, 0.15) is 150 Å².